The highest BCUT2D eigenvalue weighted by Crippen LogP contribution is 2.24. The Hall–Kier alpha value is -0.440. The molecule has 0 aliphatic carbocycles. The molecule has 2 aliphatic rings. The lowest BCUT2D eigenvalue weighted by Crippen LogP contribution is -2.61. The summed E-state index contributed by atoms with van der Waals surface area (Å²) in [5.74, 6) is 0. The lowest BCUT2D eigenvalue weighted by molar-refractivity contribution is -0.325. The SMILES string of the molecule is OC[C@@H]1O[C@@H](OC[C@@H]2OC(O)[C@@H](O)[C@H](O)[C@H]2O)[C@@H](O)[C@H](O)[C@@H]1O. The quantitative estimate of drug-likeness (QED) is 0.243. The summed E-state index contributed by atoms with van der Waals surface area (Å²) in [6.45, 7) is -1.10. The van der Waals surface area contributed by atoms with Crippen molar-refractivity contribution in [2.24, 2.45) is 0 Å². The van der Waals surface area contributed by atoms with Crippen molar-refractivity contribution in [3.05, 3.63) is 0 Å². The number of rotatable bonds is 4. The molecule has 0 aromatic carbocycles. The van der Waals surface area contributed by atoms with Crippen LogP contribution in [0.1, 0.15) is 0 Å². The zero-order valence-electron chi connectivity index (χ0n) is 12.0. The zero-order chi connectivity index (χ0) is 17.3. The minimum Gasteiger partial charge on any atom is -0.394 e. The van der Waals surface area contributed by atoms with Crippen molar-refractivity contribution in [1.82, 2.24) is 0 Å². The maximum atomic E-state index is 9.78. The standard InChI is InChI=1S/C12H22O11/c13-1-3-5(14)8(17)10(19)12(23-3)21-2-4-6(15)7(16)9(18)11(20)22-4/h3-20H,1-2H2/t3-,4-,5+,6-,7+,8+,9-,10-,11?,12+/m0/s1. The second-order valence-electron chi connectivity index (χ2n) is 5.57. The van der Waals surface area contributed by atoms with E-state index in [0.717, 1.165) is 0 Å². The monoisotopic (exact) mass is 342 g/mol. The van der Waals surface area contributed by atoms with E-state index >= 15 is 0 Å². The number of aliphatic hydroxyl groups excluding tert-OH is 8. The fourth-order valence-electron chi connectivity index (χ4n) is 2.46. The molecule has 11 nitrogen and oxygen atoms in total. The Bertz CT molecular complexity index is 380. The number of ether oxygens (including phenoxy) is 3. The molecule has 2 fully saturated rings. The summed E-state index contributed by atoms with van der Waals surface area (Å²) in [6.07, 6.45) is -15.3. The van der Waals surface area contributed by atoms with Gasteiger partial charge in [-0.2, -0.15) is 0 Å². The molecule has 0 spiro atoms. The molecule has 2 saturated heterocycles. The van der Waals surface area contributed by atoms with Crippen molar-refractivity contribution < 1.29 is 55.1 Å². The molecule has 11 heteroatoms. The van der Waals surface area contributed by atoms with Gasteiger partial charge < -0.3 is 55.1 Å². The third-order valence-corrected chi connectivity index (χ3v) is 3.96. The summed E-state index contributed by atoms with van der Waals surface area (Å²) in [5, 5.41) is 76.1. The topological polar surface area (TPSA) is 190 Å². The number of hydrogen-bond donors (Lipinski definition) is 8. The third kappa shape index (κ3) is 3.81. The Kier molecular flexibility index (Phi) is 6.27. The Morgan fingerprint density at radius 2 is 1.22 bits per heavy atom. The largest absolute Gasteiger partial charge is 0.394 e. The van der Waals surface area contributed by atoms with Gasteiger partial charge in [0.25, 0.3) is 0 Å². The number of aliphatic hydroxyl groups is 8. The van der Waals surface area contributed by atoms with Crippen LogP contribution in [-0.2, 0) is 14.2 Å². The predicted molar refractivity (Wildman–Crippen MR) is 68.6 cm³/mol. The average molecular weight is 342 g/mol. The van der Waals surface area contributed by atoms with E-state index in [1.165, 1.54) is 0 Å². The Labute approximate surface area is 130 Å². The van der Waals surface area contributed by atoms with Crippen molar-refractivity contribution >= 4 is 0 Å². The summed E-state index contributed by atoms with van der Waals surface area (Å²) in [4.78, 5) is 0. The second-order valence-corrected chi connectivity index (χ2v) is 5.57. The maximum Gasteiger partial charge on any atom is 0.186 e. The highest BCUT2D eigenvalue weighted by molar-refractivity contribution is 4.91. The molecule has 2 heterocycles. The first-order chi connectivity index (χ1) is 10.8. The fourth-order valence-corrected chi connectivity index (χ4v) is 2.46. The van der Waals surface area contributed by atoms with Gasteiger partial charge in [-0.05, 0) is 0 Å². The summed E-state index contributed by atoms with van der Waals surface area (Å²) < 4.78 is 15.1. The highest BCUT2D eigenvalue weighted by atomic mass is 16.7. The highest BCUT2D eigenvalue weighted by Gasteiger charge is 2.46. The molecule has 0 radical (unpaired) electrons. The van der Waals surface area contributed by atoms with Crippen LogP contribution in [0.3, 0.4) is 0 Å². The van der Waals surface area contributed by atoms with Crippen molar-refractivity contribution in [2.45, 2.75) is 61.4 Å². The second kappa shape index (κ2) is 7.63. The van der Waals surface area contributed by atoms with E-state index in [1.807, 2.05) is 0 Å². The first-order valence-corrected chi connectivity index (χ1v) is 7.07. The van der Waals surface area contributed by atoms with E-state index in [4.69, 9.17) is 19.3 Å². The van der Waals surface area contributed by atoms with Gasteiger partial charge in [-0.25, -0.2) is 0 Å². The van der Waals surface area contributed by atoms with E-state index in [-0.39, 0.29) is 0 Å². The number of hydrogen-bond acceptors (Lipinski definition) is 11. The molecule has 10 atom stereocenters. The van der Waals surface area contributed by atoms with Crippen molar-refractivity contribution in [1.29, 1.82) is 0 Å². The van der Waals surface area contributed by atoms with Crippen LogP contribution in [0.2, 0.25) is 0 Å². The van der Waals surface area contributed by atoms with Crippen molar-refractivity contribution in [3.8, 4) is 0 Å². The van der Waals surface area contributed by atoms with Gasteiger partial charge in [-0.1, -0.05) is 0 Å². The average Bonchev–Trinajstić information content (AvgIpc) is 2.54. The van der Waals surface area contributed by atoms with Gasteiger partial charge in [0, 0.05) is 0 Å². The van der Waals surface area contributed by atoms with Crippen LogP contribution in [-0.4, -0.2) is 115 Å². The fraction of sp³-hybridized carbons (Fsp3) is 1.00. The van der Waals surface area contributed by atoms with Crippen LogP contribution in [0.5, 0.6) is 0 Å². The summed E-state index contributed by atoms with van der Waals surface area (Å²) >= 11 is 0. The van der Waals surface area contributed by atoms with E-state index < -0.39 is 74.6 Å². The van der Waals surface area contributed by atoms with Gasteiger partial charge >= 0.3 is 0 Å². The van der Waals surface area contributed by atoms with Gasteiger partial charge in [0.15, 0.2) is 12.6 Å². The summed E-state index contributed by atoms with van der Waals surface area (Å²) in [5.41, 5.74) is 0. The van der Waals surface area contributed by atoms with Crippen LogP contribution in [0, 0.1) is 0 Å². The minimum atomic E-state index is -1.74. The predicted octanol–water partition coefficient (Wildman–Crippen LogP) is -5.40. The molecular formula is C12H22O11. The molecule has 2 rings (SSSR count). The van der Waals surface area contributed by atoms with Gasteiger partial charge in [0.05, 0.1) is 13.2 Å². The van der Waals surface area contributed by atoms with Crippen LogP contribution < -0.4 is 0 Å². The van der Waals surface area contributed by atoms with Crippen molar-refractivity contribution in [3.63, 3.8) is 0 Å². The van der Waals surface area contributed by atoms with Crippen LogP contribution in [0.25, 0.3) is 0 Å². The maximum absolute atomic E-state index is 9.78. The lowest BCUT2D eigenvalue weighted by Gasteiger charge is -2.41. The molecule has 1 unspecified atom stereocenters. The first-order valence-electron chi connectivity index (χ1n) is 7.07. The Morgan fingerprint density at radius 3 is 1.83 bits per heavy atom. The molecule has 0 amide bonds. The molecular weight excluding hydrogens is 320 g/mol. The summed E-state index contributed by atoms with van der Waals surface area (Å²) in [6, 6.07) is 0. The van der Waals surface area contributed by atoms with Crippen LogP contribution >= 0.6 is 0 Å². The normalized spacial score (nSPS) is 51.7. The lowest BCUT2D eigenvalue weighted by atomic mass is 9.98. The Balaban J connectivity index is 1.94. The molecule has 0 saturated carbocycles. The molecule has 8 N–H and O–H groups in total. The van der Waals surface area contributed by atoms with Gasteiger partial charge in [0.1, 0.15) is 48.8 Å². The minimum absolute atomic E-state index is 0.468. The van der Waals surface area contributed by atoms with E-state index in [2.05, 4.69) is 0 Å². The van der Waals surface area contributed by atoms with Gasteiger partial charge in [-0.3, -0.25) is 0 Å². The Morgan fingerprint density at radius 1 is 0.652 bits per heavy atom. The molecule has 0 aromatic rings. The first kappa shape index (κ1) is 18.9. The van der Waals surface area contributed by atoms with Crippen LogP contribution in [0.4, 0.5) is 0 Å². The van der Waals surface area contributed by atoms with E-state index in [0.29, 0.717) is 0 Å². The van der Waals surface area contributed by atoms with E-state index in [1.54, 1.807) is 0 Å². The molecule has 2 aliphatic heterocycles. The molecule has 0 bridgehead atoms. The van der Waals surface area contributed by atoms with Crippen LogP contribution in [0.15, 0.2) is 0 Å². The van der Waals surface area contributed by atoms with Gasteiger partial charge in [0.2, 0.25) is 0 Å². The molecule has 23 heavy (non-hydrogen) atoms. The molecule has 136 valence electrons. The summed E-state index contributed by atoms with van der Waals surface area (Å²) in [7, 11) is 0. The van der Waals surface area contributed by atoms with Crippen molar-refractivity contribution in [2.75, 3.05) is 13.2 Å². The smallest absolute Gasteiger partial charge is 0.186 e. The van der Waals surface area contributed by atoms with Gasteiger partial charge in [-0.15, -0.1) is 0 Å². The zero-order valence-corrected chi connectivity index (χ0v) is 12.0. The van der Waals surface area contributed by atoms with E-state index in [9.17, 15) is 35.7 Å². The molecule has 0 aromatic heterocycles. The third-order valence-electron chi connectivity index (χ3n) is 3.96.